The summed E-state index contributed by atoms with van der Waals surface area (Å²) in [5.74, 6) is -1.88. The van der Waals surface area contributed by atoms with E-state index >= 15 is 0 Å². The number of amides is 2. The molecule has 0 saturated heterocycles. The number of Topliss-reactive ketones (excluding diaryl/α,β-unsaturated/α-hetero) is 1. The molecule has 0 aliphatic heterocycles. The largest absolute Gasteiger partial charge is 0.461 e. The van der Waals surface area contributed by atoms with Crippen LogP contribution in [0.1, 0.15) is 39.2 Å². The van der Waals surface area contributed by atoms with E-state index in [0.29, 0.717) is 6.21 Å². The van der Waals surface area contributed by atoms with Crippen LogP contribution in [0.15, 0.2) is 30.5 Å². The normalized spacial score (nSPS) is 12.7. The van der Waals surface area contributed by atoms with Crippen LogP contribution in [0.3, 0.4) is 0 Å². The Balaban J connectivity index is 2.18. The molecule has 10 nitrogen and oxygen atoms in total. The Morgan fingerprint density at radius 1 is 1.18 bits per heavy atom. The van der Waals surface area contributed by atoms with Crippen LogP contribution in [-0.4, -0.2) is 66.2 Å². The maximum Gasteiger partial charge on any atom is 0.328 e. The summed E-state index contributed by atoms with van der Waals surface area (Å²) in [7, 11) is 0. The van der Waals surface area contributed by atoms with Gasteiger partial charge >= 0.3 is 5.97 Å². The Bertz CT molecular complexity index is 1020. The Hall–Kier alpha value is -3.53. The third-order valence-electron chi connectivity index (χ3n) is 4.96. The van der Waals surface area contributed by atoms with Gasteiger partial charge in [-0.2, -0.15) is 0 Å². The van der Waals surface area contributed by atoms with E-state index in [-0.39, 0.29) is 38.3 Å². The summed E-state index contributed by atoms with van der Waals surface area (Å²) in [5, 5.41) is 13.3. The number of ketones is 1. The minimum atomic E-state index is -1.07. The van der Waals surface area contributed by atoms with Gasteiger partial charge in [-0.15, -0.1) is 0 Å². The minimum Gasteiger partial charge on any atom is -0.461 e. The third kappa shape index (κ3) is 8.43. The molecule has 0 radical (unpaired) electrons. The van der Waals surface area contributed by atoms with E-state index in [0.717, 1.165) is 16.5 Å². The first kappa shape index (κ1) is 26.7. The van der Waals surface area contributed by atoms with Crippen LogP contribution in [0.5, 0.6) is 0 Å². The van der Waals surface area contributed by atoms with Gasteiger partial charge in [0.25, 0.3) is 0 Å². The summed E-state index contributed by atoms with van der Waals surface area (Å²) >= 11 is 0. The number of aromatic nitrogens is 1. The predicted octanol–water partition coefficient (Wildman–Crippen LogP) is 1.67. The van der Waals surface area contributed by atoms with Crippen LogP contribution >= 0.6 is 0 Å². The summed E-state index contributed by atoms with van der Waals surface area (Å²) in [6.07, 6.45) is 1.26. The van der Waals surface area contributed by atoms with Crippen molar-refractivity contribution in [1.82, 2.24) is 15.6 Å². The summed E-state index contributed by atoms with van der Waals surface area (Å²) < 4.78 is 11.0. The molecule has 4 N–H and O–H groups in total. The molecule has 2 atom stereocenters. The molecule has 0 unspecified atom stereocenters. The van der Waals surface area contributed by atoms with Gasteiger partial charge in [0, 0.05) is 43.4 Å². The van der Waals surface area contributed by atoms with Crippen LogP contribution in [-0.2, 0) is 35.1 Å². The van der Waals surface area contributed by atoms with Crippen molar-refractivity contribution in [2.75, 3.05) is 13.2 Å². The molecule has 0 fully saturated rings. The van der Waals surface area contributed by atoms with Gasteiger partial charge in [0.1, 0.15) is 12.1 Å². The second-order valence-electron chi connectivity index (χ2n) is 8.10. The van der Waals surface area contributed by atoms with Gasteiger partial charge in [0.15, 0.2) is 5.78 Å². The number of fused-ring (bicyclic) bond motifs is 1. The van der Waals surface area contributed by atoms with Crippen LogP contribution in [0.25, 0.3) is 10.9 Å². The van der Waals surface area contributed by atoms with Crippen molar-refractivity contribution < 1.29 is 28.7 Å². The monoisotopic (exact) mass is 472 g/mol. The summed E-state index contributed by atoms with van der Waals surface area (Å²) in [5.41, 5.74) is 1.77. The Morgan fingerprint density at radius 2 is 1.91 bits per heavy atom. The number of para-hydroxylation sites is 1. The highest BCUT2D eigenvalue weighted by Gasteiger charge is 2.29. The average Bonchev–Trinajstić information content (AvgIpc) is 3.20. The molecule has 184 valence electrons. The summed E-state index contributed by atoms with van der Waals surface area (Å²) in [4.78, 5) is 51.6. The van der Waals surface area contributed by atoms with Crippen molar-refractivity contribution in [2.45, 2.75) is 58.3 Å². The lowest BCUT2D eigenvalue weighted by atomic mass is 10.0. The molecule has 0 aliphatic rings. The van der Waals surface area contributed by atoms with E-state index in [1.54, 1.807) is 20.0 Å². The molecule has 10 heteroatoms. The van der Waals surface area contributed by atoms with E-state index in [4.69, 9.17) is 14.9 Å². The Morgan fingerprint density at radius 3 is 2.59 bits per heavy atom. The lowest BCUT2D eigenvalue weighted by Gasteiger charge is -2.23. The fraction of sp³-hybridized carbons (Fsp3) is 0.458. The van der Waals surface area contributed by atoms with E-state index in [1.165, 1.54) is 6.92 Å². The SMILES string of the molecule is CC(=O)NCCO[C@@H](Cc1c[nH]c2ccccc12)C(=O)N[C@@H](CCC(=O)C=N)C(=O)OC(C)C. The fourth-order valence-electron chi connectivity index (χ4n) is 3.34. The van der Waals surface area contributed by atoms with Crippen molar-refractivity contribution in [3.8, 4) is 0 Å². The molecule has 2 rings (SSSR count). The van der Waals surface area contributed by atoms with Crippen LogP contribution in [0, 0.1) is 5.41 Å². The number of hydrogen-bond donors (Lipinski definition) is 4. The van der Waals surface area contributed by atoms with Crippen molar-refractivity contribution in [2.24, 2.45) is 0 Å². The second-order valence-corrected chi connectivity index (χ2v) is 8.10. The van der Waals surface area contributed by atoms with Gasteiger partial charge in [-0.1, -0.05) is 18.2 Å². The third-order valence-corrected chi connectivity index (χ3v) is 4.96. The van der Waals surface area contributed by atoms with E-state index in [1.807, 2.05) is 24.3 Å². The van der Waals surface area contributed by atoms with Gasteiger partial charge in [-0.3, -0.25) is 14.4 Å². The first-order valence-electron chi connectivity index (χ1n) is 11.2. The van der Waals surface area contributed by atoms with E-state index in [9.17, 15) is 19.2 Å². The zero-order valence-corrected chi connectivity index (χ0v) is 19.7. The number of nitrogens with one attached hydrogen (secondary N) is 4. The zero-order chi connectivity index (χ0) is 25.1. The second kappa shape index (κ2) is 13.2. The van der Waals surface area contributed by atoms with Crippen molar-refractivity contribution in [3.05, 3.63) is 36.0 Å². The van der Waals surface area contributed by atoms with Gasteiger partial charge in [0.05, 0.1) is 18.9 Å². The first-order valence-corrected chi connectivity index (χ1v) is 11.2. The van der Waals surface area contributed by atoms with Crippen molar-refractivity contribution in [3.63, 3.8) is 0 Å². The Labute approximate surface area is 198 Å². The van der Waals surface area contributed by atoms with Gasteiger partial charge < -0.3 is 30.5 Å². The lowest BCUT2D eigenvalue weighted by molar-refractivity contribution is -0.153. The van der Waals surface area contributed by atoms with Crippen LogP contribution < -0.4 is 10.6 Å². The number of carbonyl (C=O) groups excluding carboxylic acids is 4. The smallest absolute Gasteiger partial charge is 0.328 e. The number of ether oxygens (including phenoxy) is 2. The van der Waals surface area contributed by atoms with Gasteiger partial charge in [0.2, 0.25) is 11.8 Å². The number of esters is 1. The summed E-state index contributed by atoms with van der Waals surface area (Å²) in [6, 6.07) is 6.58. The molecule has 1 aromatic carbocycles. The Kier molecular flexibility index (Phi) is 10.4. The quantitative estimate of drug-likeness (QED) is 0.187. The minimum absolute atomic E-state index is 0.00277. The van der Waals surface area contributed by atoms with Crippen LogP contribution in [0.4, 0.5) is 0 Å². The maximum atomic E-state index is 13.2. The lowest BCUT2D eigenvalue weighted by Crippen LogP contribution is -2.48. The molecule has 2 aromatic rings. The maximum absolute atomic E-state index is 13.2. The number of H-pyrrole nitrogens is 1. The molecular weight excluding hydrogens is 440 g/mol. The number of carbonyl (C=O) groups is 4. The van der Waals surface area contributed by atoms with Gasteiger partial charge in [-0.05, 0) is 31.9 Å². The first-order chi connectivity index (χ1) is 16.2. The molecular formula is C24H32N4O6. The highest BCUT2D eigenvalue weighted by atomic mass is 16.5. The molecule has 0 spiro atoms. The van der Waals surface area contributed by atoms with Crippen molar-refractivity contribution >= 4 is 40.7 Å². The zero-order valence-electron chi connectivity index (χ0n) is 19.7. The van der Waals surface area contributed by atoms with Crippen LogP contribution in [0.2, 0.25) is 0 Å². The molecule has 1 heterocycles. The predicted molar refractivity (Wildman–Crippen MR) is 127 cm³/mol. The standard InChI is InChI=1S/C24H32N4O6/c1-15(2)34-24(32)21(9-8-18(30)13-25)28-23(31)22(33-11-10-26-16(3)29)12-17-14-27-20-7-5-4-6-19(17)20/h4-7,13-15,21-22,25,27H,8-12H2,1-3H3,(H,26,29)(H,28,31)/t21-,22-/m0/s1. The van der Waals surface area contributed by atoms with E-state index < -0.39 is 35.9 Å². The highest BCUT2D eigenvalue weighted by molar-refractivity contribution is 6.26. The average molecular weight is 473 g/mol. The molecule has 0 saturated carbocycles. The molecule has 0 bridgehead atoms. The van der Waals surface area contributed by atoms with Gasteiger partial charge in [-0.25, -0.2) is 4.79 Å². The number of benzene rings is 1. The number of rotatable bonds is 14. The fourth-order valence-corrected chi connectivity index (χ4v) is 3.34. The number of aromatic amines is 1. The molecule has 2 amide bonds. The summed E-state index contributed by atoms with van der Waals surface area (Å²) in [6.45, 7) is 5.07. The molecule has 34 heavy (non-hydrogen) atoms. The van der Waals surface area contributed by atoms with Crippen molar-refractivity contribution in [1.29, 1.82) is 5.41 Å². The molecule has 1 aromatic heterocycles. The molecule has 0 aliphatic carbocycles. The topological polar surface area (TPSA) is 150 Å². The highest BCUT2D eigenvalue weighted by Crippen LogP contribution is 2.20. The number of hydrogen-bond acceptors (Lipinski definition) is 7. The van der Waals surface area contributed by atoms with E-state index in [2.05, 4.69) is 15.6 Å².